The van der Waals surface area contributed by atoms with E-state index in [0.717, 1.165) is 12.0 Å². The third-order valence-electron chi connectivity index (χ3n) is 7.34. The maximum absolute atomic E-state index is 14.6. The molecule has 5 rings (SSSR count). The van der Waals surface area contributed by atoms with Crippen molar-refractivity contribution in [2.24, 2.45) is 5.92 Å². The van der Waals surface area contributed by atoms with Crippen LogP contribution in [0.4, 0.5) is 10.1 Å². The topological polar surface area (TPSA) is 41.1 Å². The number of fused-ring (bicyclic) bond motifs is 2. The predicted octanol–water partition coefficient (Wildman–Crippen LogP) is 6.05. The molecule has 6 heteroatoms. The van der Waals surface area contributed by atoms with Gasteiger partial charge in [0.15, 0.2) is 0 Å². The normalized spacial score (nSPS) is 28.7. The van der Waals surface area contributed by atoms with Crippen LogP contribution in [-0.2, 0) is 10.2 Å². The summed E-state index contributed by atoms with van der Waals surface area (Å²) in [6.07, 6.45) is 7.08. The molecule has 2 N–H and O–H groups in total. The van der Waals surface area contributed by atoms with Crippen LogP contribution in [0.1, 0.15) is 55.6 Å². The van der Waals surface area contributed by atoms with Gasteiger partial charge >= 0.3 is 0 Å². The summed E-state index contributed by atoms with van der Waals surface area (Å²) in [7, 11) is 0. The molecule has 2 aromatic rings. The van der Waals surface area contributed by atoms with E-state index in [1.165, 1.54) is 38.2 Å². The lowest BCUT2D eigenvalue weighted by Crippen LogP contribution is -2.49. The van der Waals surface area contributed by atoms with Crippen molar-refractivity contribution in [3.05, 3.63) is 63.4 Å². The Hall–Kier alpha value is -1.62. The van der Waals surface area contributed by atoms with Crippen LogP contribution in [0.15, 0.2) is 36.4 Å². The quantitative estimate of drug-likeness (QED) is 0.602. The van der Waals surface area contributed by atoms with Gasteiger partial charge in [0, 0.05) is 29.2 Å². The monoisotopic (exact) mass is 446 g/mol. The molecule has 2 aromatic carbocycles. The Bertz CT molecular complexity index is 991. The van der Waals surface area contributed by atoms with E-state index in [4.69, 9.17) is 23.2 Å². The van der Waals surface area contributed by atoms with Crippen molar-refractivity contribution in [1.82, 2.24) is 5.32 Å². The zero-order valence-electron chi connectivity index (χ0n) is 16.7. The summed E-state index contributed by atoms with van der Waals surface area (Å²) in [5, 5.41) is 7.33. The smallest absolute Gasteiger partial charge is 0.237 e. The van der Waals surface area contributed by atoms with Gasteiger partial charge in [0.25, 0.3) is 0 Å². The van der Waals surface area contributed by atoms with Crippen LogP contribution in [-0.4, -0.2) is 18.5 Å². The predicted molar refractivity (Wildman–Crippen MR) is 119 cm³/mol. The lowest BCUT2D eigenvalue weighted by atomic mass is 9.64. The largest absolute Gasteiger partial charge is 0.325 e. The first-order valence-corrected chi connectivity index (χ1v) is 11.6. The fourth-order valence-corrected chi connectivity index (χ4v) is 6.35. The average Bonchev–Trinajstić information content (AvgIpc) is 3.23. The number of benzene rings is 2. The first-order valence-electron chi connectivity index (χ1n) is 10.8. The Morgan fingerprint density at radius 2 is 1.90 bits per heavy atom. The third-order valence-corrected chi connectivity index (χ3v) is 7.87. The molecule has 3 atom stereocenters. The number of rotatable bonds is 3. The van der Waals surface area contributed by atoms with E-state index in [1.807, 2.05) is 24.3 Å². The number of carbonyl (C=O) groups excluding carboxylic acids is 1. The second kappa shape index (κ2) is 7.81. The highest BCUT2D eigenvalue weighted by molar-refractivity contribution is 6.31. The molecule has 3 aliphatic rings. The summed E-state index contributed by atoms with van der Waals surface area (Å²) < 4.78 is 14.6. The van der Waals surface area contributed by atoms with Crippen LogP contribution in [0.25, 0.3) is 0 Å². The minimum atomic E-state index is -0.872. The molecular weight excluding hydrogens is 422 g/mol. The van der Waals surface area contributed by atoms with Crippen LogP contribution >= 0.6 is 23.2 Å². The zero-order valence-corrected chi connectivity index (χ0v) is 18.2. The number of nitrogens with one attached hydrogen (secondary N) is 2. The number of amides is 1. The highest BCUT2D eigenvalue weighted by Gasteiger charge is 2.61. The van der Waals surface area contributed by atoms with Crippen molar-refractivity contribution in [1.29, 1.82) is 0 Å². The van der Waals surface area contributed by atoms with Gasteiger partial charge in [-0.3, -0.25) is 4.79 Å². The minimum Gasteiger partial charge on any atom is -0.325 e. The lowest BCUT2D eigenvalue weighted by molar-refractivity contribution is -0.121. The number of halogens is 3. The fourth-order valence-electron chi connectivity index (χ4n) is 5.99. The van der Waals surface area contributed by atoms with E-state index in [-0.39, 0.29) is 22.9 Å². The summed E-state index contributed by atoms with van der Waals surface area (Å²) in [6, 6.07) is 10.6. The van der Waals surface area contributed by atoms with Gasteiger partial charge in [-0.2, -0.15) is 0 Å². The number of hydrogen-bond donors (Lipinski definition) is 2. The summed E-state index contributed by atoms with van der Waals surface area (Å²) in [5.74, 6) is -0.110. The first kappa shape index (κ1) is 20.3. The summed E-state index contributed by atoms with van der Waals surface area (Å²) in [6.45, 7) is 0.648. The van der Waals surface area contributed by atoms with Crippen LogP contribution in [0.3, 0.4) is 0 Å². The standard InChI is InChI=1S/C24H25Cl2FN2O/c25-16-8-4-7-15(10-16)18-13-28-22(9-14-5-2-1-3-6-14)24(18)17-11-20(27)19(26)12-21(17)29-23(24)30/h4,7-8,10-12,14,18,22,28H,1-3,5-6,9,13H2,(H,29,30)/t18-,22-,24-/m1/s1. The summed E-state index contributed by atoms with van der Waals surface area (Å²) in [5.41, 5.74) is 1.46. The molecule has 3 nitrogen and oxygen atoms in total. The van der Waals surface area contributed by atoms with Gasteiger partial charge in [-0.1, -0.05) is 67.4 Å². The van der Waals surface area contributed by atoms with E-state index in [1.54, 1.807) is 6.07 Å². The second-order valence-corrected chi connectivity index (χ2v) is 9.79. The molecule has 158 valence electrons. The van der Waals surface area contributed by atoms with Gasteiger partial charge in [-0.15, -0.1) is 0 Å². The molecule has 30 heavy (non-hydrogen) atoms. The van der Waals surface area contributed by atoms with Gasteiger partial charge < -0.3 is 10.6 Å². The molecule has 0 radical (unpaired) electrons. The molecule has 1 amide bonds. The zero-order chi connectivity index (χ0) is 20.9. The maximum atomic E-state index is 14.6. The molecule has 2 heterocycles. The van der Waals surface area contributed by atoms with Gasteiger partial charge in [0.1, 0.15) is 5.82 Å². The first-order chi connectivity index (χ1) is 14.5. The average molecular weight is 447 g/mol. The van der Waals surface area contributed by atoms with Gasteiger partial charge in [-0.05, 0) is 47.7 Å². The molecular formula is C24H25Cl2FN2O. The van der Waals surface area contributed by atoms with Gasteiger partial charge in [0.2, 0.25) is 5.91 Å². The van der Waals surface area contributed by atoms with Crippen LogP contribution in [0.5, 0.6) is 0 Å². The Morgan fingerprint density at radius 3 is 2.67 bits per heavy atom. The molecule has 1 saturated heterocycles. The highest BCUT2D eigenvalue weighted by atomic mass is 35.5. The fraction of sp³-hybridized carbons (Fsp3) is 0.458. The lowest BCUT2D eigenvalue weighted by Gasteiger charge is -2.37. The Balaban J connectivity index is 1.64. The molecule has 2 fully saturated rings. The van der Waals surface area contributed by atoms with Crippen molar-refractivity contribution >= 4 is 34.8 Å². The molecule has 1 aliphatic carbocycles. The molecule has 0 aromatic heterocycles. The number of hydrogen-bond acceptors (Lipinski definition) is 2. The Morgan fingerprint density at radius 1 is 1.10 bits per heavy atom. The number of anilines is 1. The third kappa shape index (κ3) is 3.16. The van der Waals surface area contributed by atoms with Gasteiger partial charge in [-0.25, -0.2) is 4.39 Å². The maximum Gasteiger partial charge on any atom is 0.237 e. The highest BCUT2D eigenvalue weighted by Crippen LogP contribution is 2.54. The molecule has 1 saturated carbocycles. The van der Waals surface area contributed by atoms with Crippen molar-refractivity contribution < 1.29 is 9.18 Å². The van der Waals surface area contributed by atoms with E-state index >= 15 is 0 Å². The van der Waals surface area contributed by atoms with E-state index in [9.17, 15) is 9.18 Å². The Kier molecular flexibility index (Phi) is 5.29. The van der Waals surface area contributed by atoms with E-state index in [2.05, 4.69) is 10.6 Å². The summed E-state index contributed by atoms with van der Waals surface area (Å²) in [4.78, 5) is 13.6. The van der Waals surface area contributed by atoms with Crippen molar-refractivity contribution in [3.8, 4) is 0 Å². The summed E-state index contributed by atoms with van der Waals surface area (Å²) >= 11 is 12.3. The van der Waals surface area contributed by atoms with Crippen molar-refractivity contribution in [2.45, 2.75) is 55.9 Å². The van der Waals surface area contributed by atoms with Gasteiger partial charge in [0.05, 0.1) is 10.4 Å². The Labute approximate surface area is 186 Å². The minimum absolute atomic E-state index is 0.0280. The molecule has 0 bridgehead atoms. The van der Waals surface area contributed by atoms with Crippen LogP contribution < -0.4 is 10.6 Å². The van der Waals surface area contributed by atoms with Crippen molar-refractivity contribution in [3.63, 3.8) is 0 Å². The molecule has 1 spiro atoms. The van der Waals surface area contributed by atoms with Crippen LogP contribution in [0, 0.1) is 11.7 Å². The van der Waals surface area contributed by atoms with Crippen molar-refractivity contribution in [2.75, 3.05) is 11.9 Å². The second-order valence-electron chi connectivity index (χ2n) is 8.94. The van der Waals surface area contributed by atoms with Crippen LogP contribution in [0.2, 0.25) is 10.0 Å². The SMILES string of the molecule is O=C1Nc2cc(Cl)c(F)cc2[C@]12[C@@H](c1cccc(Cl)c1)CN[C@@H]2CC1CCCCC1. The van der Waals surface area contributed by atoms with E-state index < -0.39 is 11.2 Å². The molecule has 2 aliphatic heterocycles. The molecule has 0 unspecified atom stereocenters. The number of carbonyl (C=O) groups is 1. The van der Waals surface area contributed by atoms with E-state index in [0.29, 0.717) is 28.7 Å².